The average molecular weight is 370 g/mol. The number of carbonyl (C=O) groups is 2. The Balaban J connectivity index is 2.38. The smallest absolute Gasteiger partial charge is 0.465 e. The van der Waals surface area contributed by atoms with E-state index in [1.807, 2.05) is 0 Å². The molecule has 5 nitrogen and oxygen atoms in total. The standard InChI is InChI=1S/C16H13F3N2O3S/c1-24-14(22)12-8-5-9-20-13(12)21(15(23)16(17,18)19)25-10-11-6-3-2-4-7-11/h2-9H,10H2,1H3. The summed E-state index contributed by atoms with van der Waals surface area (Å²) in [4.78, 5) is 27.4. The van der Waals surface area contributed by atoms with Gasteiger partial charge in [-0.25, -0.2) is 14.1 Å². The molecular formula is C16H13F3N2O3S. The number of halogens is 3. The SMILES string of the molecule is COC(=O)c1cccnc1N(SCc1ccccc1)C(=O)C(F)(F)F. The molecule has 0 aliphatic heterocycles. The van der Waals surface area contributed by atoms with Gasteiger partial charge >= 0.3 is 18.1 Å². The Labute approximate surface area is 145 Å². The van der Waals surface area contributed by atoms with Gasteiger partial charge < -0.3 is 4.74 Å². The fourth-order valence-corrected chi connectivity index (χ4v) is 2.83. The minimum Gasteiger partial charge on any atom is -0.465 e. The molecular weight excluding hydrogens is 357 g/mol. The van der Waals surface area contributed by atoms with Crippen LogP contribution in [0.4, 0.5) is 19.0 Å². The largest absolute Gasteiger partial charge is 0.472 e. The van der Waals surface area contributed by atoms with Crippen LogP contribution in [0.2, 0.25) is 0 Å². The highest BCUT2D eigenvalue weighted by molar-refractivity contribution is 8.00. The molecule has 1 aromatic carbocycles. The highest BCUT2D eigenvalue weighted by Gasteiger charge is 2.45. The number of methoxy groups -OCH3 is 1. The van der Waals surface area contributed by atoms with E-state index in [2.05, 4.69) is 9.72 Å². The molecule has 0 aliphatic rings. The number of esters is 1. The van der Waals surface area contributed by atoms with Gasteiger partial charge in [0.2, 0.25) is 0 Å². The number of rotatable bonds is 5. The van der Waals surface area contributed by atoms with E-state index >= 15 is 0 Å². The Bertz CT molecular complexity index is 754. The Kier molecular flexibility index (Phi) is 6.02. The molecule has 0 aliphatic carbocycles. The van der Waals surface area contributed by atoms with Crippen molar-refractivity contribution in [3.8, 4) is 0 Å². The number of benzene rings is 1. The van der Waals surface area contributed by atoms with E-state index in [1.54, 1.807) is 30.3 Å². The van der Waals surface area contributed by atoms with Crippen molar-refractivity contribution < 1.29 is 27.5 Å². The van der Waals surface area contributed by atoms with Crippen LogP contribution in [0.3, 0.4) is 0 Å². The zero-order valence-corrected chi connectivity index (χ0v) is 13.8. The predicted molar refractivity (Wildman–Crippen MR) is 86.9 cm³/mol. The molecule has 0 saturated heterocycles. The minimum absolute atomic E-state index is 0.0832. The summed E-state index contributed by atoms with van der Waals surface area (Å²) in [6.45, 7) is 0. The van der Waals surface area contributed by atoms with Gasteiger partial charge in [-0.05, 0) is 29.6 Å². The maximum atomic E-state index is 13.0. The molecule has 9 heteroatoms. The number of pyridine rings is 1. The number of amides is 1. The summed E-state index contributed by atoms with van der Waals surface area (Å²) >= 11 is 0.598. The van der Waals surface area contributed by atoms with E-state index in [0.717, 1.165) is 7.11 Å². The molecule has 0 N–H and O–H groups in total. The zero-order valence-electron chi connectivity index (χ0n) is 13.0. The van der Waals surface area contributed by atoms with Crippen molar-refractivity contribution in [1.82, 2.24) is 4.98 Å². The highest BCUT2D eigenvalue weighted by atomic mass is 32.2. The van der Waals surface area contributed by atoms with Gasteiger partial charge in [0.05, 0.1) is 7.11 Å². The van der Waals surface area contributed by atoms with Crippen molar-refractivity contribution in [2.75, 3.05) is 11.4 Å². The summed E-state index contributed by atoms with van der Waals surface area (Å²) < 4.78 is 43.9. The van der Waals surface area contributed by atoms with Crippen LogP contribution in [-0.2, 0) is 15.3 Å². The van der Waals surface area contributed by atoms with Crippen molar-refractivity contribution in [1.29, 1.82) is 0 Å². The lowest BCUT2D eigenvalue weighted by Crippen LogP contribution is -2.38. The monoisotopic (exact) mass is 370 g/mol. The van der Waals surface area contributed by atoms with Gasteiger partial charge in [-0.15, -0.1) is 0 Å². The maximum absolute atomic E-state index is 13.0. The van der Waals surface area contributed by atoms with Crippen molar-refractivity contribution in [3.05, 3.63) is 59.8 Å². The Hall–Kier alpha value is -2.55. The molecule has 0 radical (unpaired) electrons. The number of aromatic nitrogens is 1. The van der Waals surface area contributed by atoms with Crippen LogP contribution >= 0.6 is 11.9 Å². The minimum atomic E-state index is -5.12. The fourth-order valence-electron chi connectivity index (χ4n) is 1.87. The molecule has 2 rings (SSSR count). The number of nitrogens with zero attached hydrogens (tertiary/aromatic N) is 2. The summed E-state index contributed by atoms with van der Waals surface area (Å²) in [6.07, 6.45) is -3.92. The van der Waals surface area contributed by atoms with Crippen molar-refractivity contribution >= 4 is 29.6 Å². The zero-order chi connectivity index (χ0) is 18.4. The van der Waals surface area contributed by atoms with E-state index < -0.39 is 23.9 Å². The molecule has 1 amide bonds. The number of alkyl halides is 3. The van der Waals surface area contributed by atoms with Gasteiger partial charge in [0, 0.05) is 11.9 Å². The lowest BCUT2D eigenvalue weighted by molar-refractivity contribution is -0.168. The number of hydrogen-bond donors (Lipinski definition) is 0. The van der Waals surface area contributed by atoms with Gasteiger partial charge in [0.1, 0.15) is 5.56 Å². The molecule has 0 unspecified atom stereocenters. The third-order valence-corrected chi connectivity index (χ3v) is 4.07. The lowest BCUT2D eigenvalue weighted by atomic mass is 10.2. The van der Waals surface area contributed by atoms with E-state index in [0.29, 0.717) is 21.8 Å². The Morgan fingerprint density at radius 1 is 1.16 bits per heavy atom. The number of carbonyl (C=O) groups excluding carboxylic acids is 2. The first-order valence-electron chi connectivity index (χ1n) is 6.96. The number of ether oxygens (including phenoxy) is 1. The highest BCUT2D eigenvalue weighted by Crippen LogP contribution is 2.32. The Morgan fingerprint density at radius 3 is 2.44 bits per heavy atom. The molecule has 0 bridgehead atoms. The summed E-state index contributed by atoms with van der Waals surface area (Å²) in [5.74, 6) is -3.35. The van der Waals surface area contributed by atoms with E-state index in [9.17, 15) is 22.8 Å². The van der Waals surface area contributed by atoms with Crippen LogP contribution < -0.4 is 4.31 Å². The molecule has 2 aromatic rings. The first kappa shape index (κ1) is 18.8. The second-order valence-electron chi connectivity index (χ2n) is 4.72. The van der Waals surface area contributed by atoms with Crippen molar-refractivity contribution in [2.24, 2.45) is 0 Å². The van der Waals surface area contributed by atoms with Crippen LogP contribution in [0, 0.1) is 0 Å². The maximum Gasteiger partial charge on any atom is 0.472 e. The van der Waals surface area contributed by atoms with Crippen LogP contribution in [0.5, 0.6) is 0 Å². The van der Waals surface area contributed by atoms with Crippen LogP contribution in [0.1, 0.15) is 15.9 Å². The van der Waals surface area contributed by atoms with Crippen molar-refractivity contribution in [2.45, 2.75) is 11.9 Å². The van der Waals surface area contributed by atoms with Crippen LogP contribution in [0.25, 0.3) is 0 Å². The summed E-state index contributed by atoms with van der Waals surface area (Å²) in [7, 11) is 1.09. The summed E-state index contributed by atoms with van der Waals surface area (Å²) in [5, 5.41) is 0. The molecule has 0 spiro atoms. The van der Waals surface area contributed by atoms with Crippen LogP contribution in [-0.4, -0.2) is 30.1 Å². The molecule has 25 heavy (non-hydrogen) atoms. The van der Waals surface area contributed by atoms with Crippen LogP contribution in [0.15, 0.2) is 48.7 Å². The summed E-state index contributed by atoms with van der Waals surface area (Å²) in [6, 6.07) is 11.3. The molecule has 0 fully saturated rings. The third-order valence-electron chi connectivity index (χ3n) is 3.01. The molecule has 0 atom stereocenters. The number of anilines is 1. The topological polar surface area (TPSA) is 59.5 Å². The molecule has 132 valence electrons. The van der Waals surface area contributed by atoms with E-state index in [4.69, 9.17) is 0 Å². The predicted octanol–water partition coefficient (Wildman–Crippen LogP) is 3.61. The van der Waals surface area contributed by atoms with E-state index in [-0.39, 0.29) is 11.3 Å². The normalized spacial score (nSPS) is 11.0. The fraction of sp³-hybridized carbons (Fsp3) is 0.188. The second-order valence-corrected chi connectivity index (χ2v) is 5.63. The van der Waals surface area contributed by atoms with Gasteiger partial charge in [-0.2, -0.15) is 13.2 Å². The Morgan fingerprint density at radius 2 is 1.84 bits per heavy atom. The van der Waals surface area contributed by atoms with Gasteiger partial charge in [0.25, 0.3) is 0 Å². The molecule has 1 aromatic heterocycles. The van der Waals surface area contributed by atoms with Crippen molar-refractivity contribution in [3.63, 3.8) is 0 Å². The van der Waals surface area contributed by atoms with Gasteiger partial charge in [0.15, 0.2) is 5.82 Å². The first-order chi connectivity index (χ1) is 11.8. The second kappa shape index (κ2) is 8.02. The average Bonchev–Trinajstić information content (AvgIpc) is 2.61. The van der Waals surface area contributed by atoms with E-state index in [1.165, 1.54) is 18.3 Å². The van der Waals surface area contributed by atoms with Gasteiger partial charge in [-0.3, -0.25) is 4.79 Å². The molecule has 1 heterocycles. The number of hydrogen-bond acceptors (Lipinski definition) is 5. The quantitative estimate of drug-likeness (QED) is 0.594. The van der Waals surface area contributed by atoms with Gasteiger partial charge in [-0.1, -0.05) is 30.3 Å². The summed E-state index contributed by atoms with van der Waals surface area (Å²) in [5.41, 5.74) is 0.478. The lowest BCUT2D eigenvalue weighted by Gasteiger charge is -2.23. The first-order valence-corrected chi connectivity index (χ1v) is 7.90. The molecule has 0 saturated carbocycles. The third kappa shape index (κ3) is 4.72.